The summed E-state index contributed by atoms with van der Waals surface area (Å²) >= 11 is 0. The van der Waals surface area contributed by atoms with E-state index in [-0.39, 0.29) is 5.92 Å². The quantitative estimate of drug-likeness (QED) is 0.283. The minimum atomic E-state index is -0.110. The molecule has 0 spiro atoms. The van der Waals surface area contributed by atoms with Gasteiger partial charge in [0.15, 0.2) is 0 Å². The summed E-state index contributed by atoms with van der Waals surface area (Å²) in [4.78, 5) is 0. The Kier molecular flexibility index (Phi) is 4.80. The van der Waals surface area contributed by atoms with Gasteiger partial charge in [-0.1, -0.05) is 42.5 Å². The van der Waals surface area contributed by atoms with E-state index in [2.05, 4.69) is 54.6 Å². The molecular formula is C30H24O4. The fourth-order valence-electron chi connectivity index (χ4n) is 5.11. The highest BCUT2D eigenvalue weighted by Gasteiger charge is 2.33. The third kappa shape index (κ3) is 3.06. The van der Waals surface area contributed by atoms with E-state index in [1.54, 1.807) is 21.3 Å². The summed E-state index contributed by atoms with van der Waals surface area (Å²) in [6, 6.07) is 28.9. The van der Waals surface area contributed by atoms with Crippen LogP contribution in [0.25, 0.3) is 21.5 Å². The molecule has 5 aromatic carbocycles. The average Bonchev–Trinajstić information content (AvgIpc) is 2.90. The van der Waals surface area contributed by atoms with Gasteiger partial charge in [-0.15, -0.1) is 0 Å². The van der Waals surface area contributed by atoms with E-state index in [1.165, 1.54) is 0 Å². The third-order valence-corrected chi connectivity index (χ3v) is 6.71. The number of benzene rings is 5. The van der Waals surface area contributed by atoms with Gasteiger partial charge in [0.05, 0.1) is 21.3 Å². The summed E-state index contributed by atoms with van der Waals surface area (Å²) < 4.78 is 23.6. The first-order valence-electron chi connectivity index (χ1n) is 11.2. The Morgan fingerprint density at radius 2 is 1.21 bits per heavy atom. The highest BCUT2D eigenvalue weighted by atomic mass is 16.5. The number of hydrogen-bond acceptors (Lipinski definition) is 4. The number of fused-ring (bicyclic) bond motifs is 5. The van der Waals surface area contributed by atoms with Gasteiger partial charge in [0.25, 0.3) is 0 Å². The Bertz CT molecular complexity index is 1550. The molecular weight excluding hydrogens is 424 g/mol. The van der Waals surface area contributed by atoms with Gasteiger partial charge in [-0.05, 0) is 64.0 Å². The van der Waals surface area contributed by atoms with Gasteiger partial charge in [-0.3, -0.25) is 0 Å². The van der Waals surface area contributed by atoms with Crippen LogP contribution in [0.3, 0.4) is 0 Å². The second kappa shape index (κ2) is 7.99. The molecule has 1 aliphatic rings. The zero-order chi connectivity index (χ0) is 23.2. The maximum atomic E-state index is 6.43. The predicted octanol–water partition coefficient (Wildman–Crippen LogP) is 7.30. The number of hydrogen-bond donors (Lipinski definition) is 0. The molecule has 5 aromatic rings. The fraction of sp³-hybridized carbons (Fsp3) is 0.133. The van der Waals surface area contributed by atoms with Crippen LogP contribution in [-0.4, -0.2) is 21.3 Å². The lowest BCUT2D eigenvalue weighted by atomic mass is 9.78. The van der Waals surface area contributed by atoms with E-state index in [0.29, 0.717) is 0 Å². The first-order valence-corrected chi connectivity index (χ1v) is 11.2. The first kappa shape index (κ1) is 20.4. The van der Waals surface area contributed by atoms with Gasteiger partial charge in [-0.25, -0.2) is 0 Å². The highest BCUT2D eigenvalue weighted by molar-refractivity contribution is 5.95. The van der Waals surface area contributed by atoms with Crippen LogP contribution in [0.2, 0.25) is 0 Å². The van der Waals surface area contributed by atoms with Crippen LogP contribution in [0, 0.1) is 0 Å². The molecule has 0 aromatic heterocycles. The second-order valence-electron chi connectivity index (χ2n) is 8.41. The number of rotatable bonds is 4. The largest absolute Gasteiger partial charge is 0.497 e. The van der Waals surface area contributed by atoms with Gasteiger partial charge in [0, 0.05) is 22.6 Å². The van der Waals surface area contributed by atoms with Crippen LogP contribution in [0.15, 0.2) is 84.9 Å². The molecule has 1 atom stereocenters. The molecule has 4 heteroatoms. The Hall–Kier alpha value is -4.18. The van der Waals surface area contributed by atoms with Crippen molar-refractivity contribution in [3.8, 4) is 28.7 Å². The minimum absolute atomic E-state index is 0.110. The van der Waals surface area contributed by atoms with E-state index < -0.39 is 0 Å². The van der Waals surface area contributed by atoms with Gasteiger partial charge in [-0.2, -0.15) is 0 Å². The molecule has 0 bridgehead atoms. The van der Waals surface area contributed by atoms with Crippen molar-refractivity contribution in [1.82, 2.24) is 0 Å². The number of ether oxygens (including phenoxy) is 4. The Morgan fingerprint density at radius 3 is 1.88 bits per heavy atom. The van der Waals surface area contributed by atoms with Gasteiger partial charge >= 0.3 is 0 Å². The maximum absolute atomic E-state index is 6.43. The van der Waals surface area contributed by atoms with Crippen molar-refractivity contribution in [2.75, 3.05) is 21.3 Å². The number of methoxy groups -OCH3 is 3. The van der Waals surface area contributed by atoms with E-state index in [4.69, 9.17) is 18.9 Å². The molecule has 0 amide bonds. The lowest BCUT2D eigenvalue weighted by molar-refractivity contribution is 0.406. The molecule has 0 N–H and O–H groups in total. The monoisotopic (exact) mass is 448 g/mol. The Labute approximate surface area is 198 Å². The standard InChI is InChI=1S/C30H24O4/c1-31-20-12-8-18-10-14-26(33-3)28(23(18)16-20)30-22-6-4-5-7-25(22)34-27-15-11-19-9-13-21(32-2)17-24(19)29(27)30/h4-17,30H,1-3H3. The summed E-state index contributed by atoms with van der Waals surface area (Å²) in [7, 11) is 5.11. The lowest BCUT2D eigenvalue weighted by Gasteiger charge is -2.31. The smallest absolute Gasteiger partial charge is 0.132 e. The van der Waals surface area contributed by atoms with E-state index in [0.717, 1.165) is 67.0 Å². The second-order valence-corrected chi connectivity index (χ2v) is 8.41. The summed E-state index contributed by atoms with van der Waals surface area (Å²) in [5.41, 5.74) is 3.29. The summed E-state index contributed by atoms with van der Waals surface area (Å²) in [5.74, 6) is 4.03. The molecule has 0 saturated heterocycles. The Balaban J connectivity index is 1.76. The zero-order valence-electron chi connectivity index (χ0n) is 19.3. The van der Waals surface area contributed by atoms with E-state index in [9.17, 15) is 0 Å². The van der Waals surface area contributed by atoms with E-state index in [1.807, 2.05) is 30.3 Å². The van der Waals surface area contributed by atoms with E-state index >= 15 is 0 Å². The SMILES string of the molecule is COc1ccc2ccc(OC)c(C3c4ccccc4Oc4ccc5ccc(OC)cc5c43)c2c1. The molecule has 1 unspecified atom stereocenters. The van der Waals surface area contributed by atoms with Gasteiger partial charge < -0.3 is 18.9 Å². The molecule has 34 heavy (non-hydrogen) atoms. The fourth-order valence-corrected chi connectivity index (χ4v) is 5.11. The van der Waals surface area contributed by atoms with Crippen LogP contribution in [0.1, 0.15) is 22.6 Å². The number of para-hydroxylation sites is 1. The first-order chi connectivity index (χ1) is 16.7. The zero-order valence-corrected chi connectivity index (χ0v) is 19.3. The van der Waals surface area contributed by atoms with Crippen molar-refractivity contribution in [2.45, 2.75) is 5.92 Å². The molecule has 6 rings (SSSR count). The highest BCUT2D eigenvalue weighted by Crippen LogP contribution is 2.53. The van der Waals surface area contributed by atoms with Crippen LogP contribution in [-0.2, 0) is 0 Å². The molecule has 0 aliphatic carbocycles. The van der Waals surface area contributed by atoms with Crippen LogP contribution >= 0.6 is 0 Å². The lowest BCUT2D eigenvalue weighted by Crippen LogP contribution is -2.13. The van der Waals surface area contributed by atoms with Crippen molar-refractivity contribution >= 4 is 21.5 Å². The molecule has 0 fully saturated rings. The maximum Gasteiger partial charge on any atom is 0.132 e. The van der Waals surface area contributed by atoms with Crippen molar-refractivity contribution in [1.29, 1.82) is 0 Å². The average molecular weight is 449 g/mol. The predicted molar refractivity (Wildman–Crippen MR) is 135 cm³/mol. The molecule has 168 valence electrons. The molecule has 4 nitrogen and oxygen atoms in total. The van der Waals surface area contributed by atoms with Gasteiger partial charge in [0.2, 0.25) is 0 Å². The van der Waals surface area contributed by atoms with Crippen molar-refractivity contribution in [3.05, 3.63) is 102 Å². The van der Waals surface area contributed by atoms with Crippen molar-refractivity contribution in [2.24, 2.45) is 0 Å². The third-order valence-electron chi connectivity index (χ3n) is 6.71. The molecule has 0 saturated carbocycles. The summed E-state index contributed by atoms with van der Waals surface area (Å²) in [6.45, 7) is 0. The Morgan fingerprint density at radius 1 is 0.588 bits per heavy atom. The van der Waals surface area contributed by atoms with Crippen LogP contribution < -0.4 is 18.9 Å². The molecule has 0 radical (unpaired) electrons. The van der Waals surface area contributed by atoms with Crippen LogP contribution in [0.4, 0.5) is 0 Å². The molecule has 1 heterocycles. The van der Waals surface area contributed by atoms with Gasteiger partial charge in [0.1, 0.15) is 28.7 Å². The van der Waals surface area contributed by atoms with Crippen LogP contribution in [0.5, 0.6) is 28.7 Å². The summed E-state index contributed by atoms with van der Waals surface area (Å²) in [5, 5.41) is 4.44. The topological polar surface area (TPSA) is 36.9 Å². The normalized spacial score (nSPS) is 14.3. The van der Waals surface area contributed by atoms with Crippen molar-refractivity contribution in [3.63, 3.8) is 0 Å². The summed E-state index contributed by atoms with van der Waals surface area (Å²) in [6.07, 6.45) is 0. The van der Waals surface area contributed by atoms with Crippen molar-refractivity contribution < 1.29 is 18.9 Å². The molecule has 1 aliphatic heterocycles. The minimum Gasteiger partial charge on any atom is -0.497 e.